The van der Waals surface area contributed by atoms with Crippen LogP contribution in [0, 0.1) is 13.8 Å². The molecule has 0 aliphatic heterocycles. The molecule has 0 atom stereocenters. The molecule has 2 rings (SSSR count). The van der Waals surface area contributed by atoms with E-state index in [0.29, 0.717) is 5.69 Å². The number of hydrogen-bond acceptors (Lipinski definition) is 4. The summed E-state index contributed by atoms with van der Waals surface area (Å²) in [4.78, 5) is 36.1. The predicted octanol–water partition coefficient (Wildman–Crippen LogP) is 2.94. The Bertz CT molecular complexity index is 813. The van der Waals surface area contributed by atoms with E-state index in [1.165, 1.54) is 17.4 Å². The van der Waals surface area contributed by atoms with Crippen LogP contribution < -0.4 is 16.2 Å². The average molecular weight is 371 g/mol. The fourth-order valence-electron chi connectivity index (χ4n) is 2.05. The minimum Gasteiger partial charge on any atom is -0.326 e. The Kier molecular flexibility index (Phi) is 7.11. The van der Waals surface area contributed by atoms with Gasteiger partial charge in [-0.05, 0) is 54.6 Å². The molecule has 1 aromatic carbocycles. The Morgan fingerprint density at radius 3 is 2.46 bits per heavy atom. The van der Waals surface area contributed by atoms with Gasteiger partial charge in [-0.2, -0.15) is 0 Å². The topological polar surface area (TPSA) is 87.3 Å². The van der Waals surface area contributed by atoms with Crippen LogP contribution in [0.25, 0.3) is 6.08 Å². The molecule has 0 saturated carbocycles. The van der Waals surface area contributed by atoms with E-state index in [1.807, 2.05) is 49.6 Å². The largest absolute Gasteiger partial charge is 0.326 e. The van der Waals surface area contributed by atoms with Crippen LogP contribution in [-0.2, 0) is 14.4 Å². The van der Waals surface area contributed by atoms with Crippen molar-refractivity contribution in [3.05, 3.63) is 57.8 Å². The second-order valence-corrected chi connectivity index (χ2v) is 6.71. The van der Waals surface area contributed by atoms with Gasteiger partial charge in [0.2, 0.25) is 11.8 Å². The quantitative estimate of drug-likeness (QED) is 0.539. The van der Waals surface area contributed by atoms with Crippen LogP contribution >= 0.6 is 11.3 Å². The van der Waals surface area contributed by atoms with Gasteiger partial charge >= 0.3 is 0 Å². The number of carbonyl (C=O) groups is 3. The highest BCUT2D eigenvalue weighted by atomic mass is 32.1. The molecule has 3 N–H and O–H groups in total. The van der Waals surface area contributed by atoms with Gasteiger partial charge in [-0.25, -0.2) is 0 Å². The van der Waals surface area contributed by atoms with E-state index in [1.54, 1.807) is 6.08 Å². The van der Waals surface area contributed by atoms with Crippen molar-refractivity contribution in [2.24, 2.45) is 0 Å². The van der Waals surface area contributed by atoms with E-state index in [9.17, 15) is 14.4 Å². The SMILES string of the molecule is Cc1ccc(NC(=O)CCC(=O)NNC(=O)/C=C/c2cccs2)cc1C. The second-order valence-electron chi connectivity index (χ2n) is 5.73. The van der Waals surface area contributed by atoms with Gasteiger partial charge in [0.1, 0.15) is 0 Å². The molecule has 1 heterocycles. The fourth-order valence-corrected chi connectivity index (χ4v) is 2.67. The molecule has 26 heavy (non-hydrogen) atoms. The zero-order valence-electron chi connectivity index (χ0n) is 14.7. The zero-order chi connectivity index (χ0) is 18.9. The van der Waals surface area contributed by atoms with Crippen molar-refractivity contribution < 1.29 is 14.4 Å². The lowest BCUT2D eigenvalue weighted by Gasteiger charge is -2.08. The van der Waals surface area contributed by atoms with E-state index >= 15 is 0 Å². The van der Waals surface area contributed by atoms with Crippen molar-refractivity contribution in [1.82, 2.24) is 10.9 Å². The number of carbonyl (C=O) groups excluding carboxylic acids is 3. The summed E-state index contributed by atoms with van der Waals surface area (Å²) in [7, 11) is 0. The second kappa shape index (κ2) is 9.53. The number of hydrazine groups is 1. The maximum Gasteiger partial charge on any atom is 0.262 e. The molecular weight excluding hydrogens is 350 g/mol. The summed E-state index contributed by atoms with van der Waals surface area (Å²) in [6, 6.07) is 9.39. The summed E-state index contributed by atoms with van der Waals surface area (Å²) in [5.41, 5.74) is 7.49. The molecule has 3 amide bonds. The summed E-state index contributed by atoms with van der Waals surface area (Å²) >= 11 is 1.50. The third-order valence-corrected chi connectivity index (χ3v) is 4.47. The van der Waals surface area contributed by atoms with Crippen LogP contribution in [0.2, 0.25) is 0 Å². The summed E-state index contributed by atoms with van der Waals surface area (Å²) in [5, 5.41) is 4.65. The van der Waals surface area contributed by atoms with Gasteiger partial charge in [0.15, 0.2) is 0 Å². The molecule has 1 aromatic heterocycles. The number of amides is 3. The average Bonchev–Trinajstić information content (AvgIpc) is 3.13. The first-order valence-corrected chi connectivity index (χ1v) is 8.99. The van der Waals surface area contributed by atoms with Crippen molar-refractivity contribution >= 4 is 40.8 Å². The van der Waals surface area contributed by atoms with Gasteiger partial charge in [0.05, 0.1) is 0 Å². The minimum absolute atomic E-state index is 0.0222. The number of nitrogens with one attached hydrogen (secondary N) is 3. The normalized spacial score (nSPS) is 10.5. The van der Waals surface area contributed by atoms with Gasteiger partial charge < -0.3 is 5.32 Å². The third kappa shape index (κ3) is 6.52. The molecule has 0 bridgehead atoms. The Morgan fingerprint density at radius 1 is 1.00 bits per heavy atom. The lowest BCUT2D eigenvalue weighted by atomic mass is 10.1. The molecule has 0 unspecified atom stereocenters. The molecule has 2 aromatic rings. The zero-order valence-corrected chi connectivity index (χ0v) is 15.5. The highest BCUT2D eigenvalue weighted by Gasteiger charge is 2.08. The number of hydrogen-bond donors (Lipinski definition) is 3. The van der Waals surface area contributed by atoms with Crippen molar-refractivity contribution in [1.29, 1.82) is 0 Å². The molecular formula is C19H21N3O3S. The van der Waals surface area contributed by atoms with Crippen molar-refractivity contribution in [3.8, 4) is 0 Å². The maximum atomic E-state index is 11.9. The van der Waals surface area contributed by atoms with E-state index in [0.717, 1.165) is 16.0 Å². The van der Waals surface area contributed by atoms with Gasteiger partial charge in [-0.1, -0.05) is 12.1 Å². The van der Waals surface area contributed by atoms with Gasteiger partial charge in [0, 0.05) is 29.5 Å². The minimum atomic E-state index is -0.439. The number of thiophene rings is 1. The number of anilines is 1. The molecule has 0 fully saturated rings. The Labute approximate surface area is 156 Å². The summed E-state index contributed by atoms with van der Waals surface area (Å²) in [5.74, 6) is -1.13. The highest BCUT2D eigenvalue weighted by molar-refractivity contribution is 7.10. The van der Waals surface area contributed by atoms with E-state index in [-0.39, 0.29) is 18.7 Å². The molecule has 6 nitrogen and oxygen atoms in total. The van der Waals surface area contributed by atoms with Crippen LogP contribution in [0.1, 0.15) is 28.8 Å². The Hall–Kier alpha value is -2.93. The van der Waals surface area contributed by atoms with E-state index in [4.69, 9.17) is 0 Å². The number of aryl methyl sites for hydroxylation is 2. The lowest BCUT2D eigenvalue weighted by Crippen LogP contribution is -2.40. The summed E-state index contributed by atoms with van der Waals surface area (Å²) < 4.78 is 0. The molecule has 0 aliphatic rings. The van der Waals surface area contributed by atoms with Crippen molar-refractivity contribution in [2.75, 3.05) is 5.32 Å². The molecule has 0 spiro atoms. The number of rotatable bonds is 6. The standard InChI is InChI=1S/C19H21N3O3S/c1-13-5-6-15(12-14(13)2)20-17(23)9-10-19(25)22-21-18(24)8-7-16-4-3-11-26-16/h3-8,11-12H,9-10H2,1-2H3,(H,20,23)(H,21,24)(H,22,25)/b8-7+. The predicted molar refractivity (Wildman–Crippen MR) is 103 cm³/mol. The first-order chi connectivity index (χ1) is 12.4. The van der Waals surface area contributed by atoms with Crippen LogP contribution in [0.15, 0.2) is 41.8 Å². The first-order valence-electron chi connectivity index (χ1n) is 8.11. The highest BCUT2D eigenvalue weighted by Crippen LogP contribution is 2.14. The molecule has 7 heteroatoms. The van der Waals surface area contributed by atoms with Crippen molar-refractivity contribution in [3.63, 3.8) is 0 Å². The Balaban J connectivity index is 1.68. The van der Waals surface area contributed by atoms with E-state index < -0.39 is 11.8 Å². The van der Waals surface area contributed by atoms with E-state index in [2.05, 4.69) is 16.2 Å². The smallest absolute Gasteiger partial charge is 0.262 e. The molecule has 0 radical (unpaired) electrons. The fraction of sp³-hybridized carbons (Fsp3) is 0.211. The van der Waals surface area contributed by atoms with Crippen LogP contribution in [0.4, 0.5) is 5.69 Å². The monoisotopic (exact) mass is 371 g/mol. The molecule has 0 saturated heterocycles. The van der Waals surface area contributed by atoms with Crippen LogP contribution in [0.3, 0.4) is 0 Å². The Morgan fingerprint density at radius 2 is 1.77 bits per heavy atom. The van der Waals surface area contributed by atoms with Gasteiger partial charge in [-0.3, -0.25) is 25.2 Å². The summed E-state index contributed by atoms with van der Waals surface area (Å²) in [6.45, 7) is 3.96. The van der Waals surface area contributed by atoms with Crippen LogP contribution in [0.5, 0.6) is 0 Å². The van der Waals surface area contributed by atoms with Gasteiger partial charge in [0.25, 0.3) is 5.91 Å². The maximum absolute atomic E-state index is 11.9. The lowest BCUT2D eigenvalue weighted by molar-refractivity contribution is -0.128. The number of benzene rings is 1. The summed E-state index contributed by atoms with van der Waals surface area (Å²) in [6.07, 6.45) is 2.99. The molecule has 0 aliphatic carbocycles. The van der Waals surface area contributed by atoms with Crippen LogP contribution in [-0.4, -0.2) is 17.7 Å². The third-order valence-electron chi connectivity index (χ3n) is 3.64. The van der Waals surface area contributed by atoms with Gasteiger partial charge in [-0.15, -0.1) is 11.3 Å². The molecule has 136 valence electrons. The first kappa shape index (κ1) is 19.4. The van der Waals surface area contributed by atoms with Crippen molar-refractivity contribution in [2.45, 2.75) is 26.7 Å².